The van der Waals surface area contributed by atoms with Gasteiger partial charge >= 0.3 is 5.97 Å². The van der Waals surface area contributed by atoms with Gasteiger partial charge in [-0.2, -0.15) is 8.78 Å². The number of carbonyl (C=O) groups is 1. The molecule has 0 spiro atoms. The van der Waals surface area contributed by atoms with Crippen LogP contribution in [0, 0.1) is 0 Å². The number of rotatable bonds is 4. The number of carbonyl (C=O) groups excluding carboxylic acids is 1. The quantitative estimate of drug-likeness (QED) is 0.801. The molecule has 2 aromatic heterocycles. The van der Waals surface area contributed by atoms with E-state index in [0.717, 1.165) is 18.3 Å². The fraction of sp³-hybridized carbons (Fsp3) is 0.400. The summed E-state index contributed by atoms with van der Waals surface area (Å²) in [7, 11) is 1.24. The smallest absolute Gasteiger partial charge is 0.360 e. The number of esters is 1. The van der Waals surface area contributed by atoms with Crippen molar-refractivity contribution in [3.63, 3.8) is 0 Å². The molecule has 2 aromatic rings. The normalized spacial score (nSPS) is 11.6. The lowest BCUT2D eigenvalue weighted by Crippen LogP contribution is -2.05. The number of hydrogen-bond acceptors (Lipinski definition) is 6. The van der Waals surface area contributed by atoms with Crippen LogP contribution in [-0.4, -0.2) is 33.1 Å². The van der Waals surface area contributed by atoms with E-state index in [2.05, 4.69) is 20.0 Å². The largest absolute Gasteiger partial charge is 0.464 e. The second kappa shape index (κ2) is 5.00. The molecule has 2 heterocycles. The Bertz CT molecular complexity index is 590. The summed E-state index contributed by atoms with van der Waals surface area (Å²) in [5.74, 6) is -3.56. The lowest BCUT2D eigenvalue weighted by molar-refractivity contribution is 0.0172. The maximum atomic E-state index is 13.0. The third kappa shape index (κ3) is 3.11. The van der Waals surface area contributed by atoms with Gasteiger partial charge in [-0.15, -0.1) is 16.4 Å². The van der Waals surface area contributed by atoms with Gasteiger partial charge in [0, 0.05) is 18.0 Å². The van der Waals surface area contributed by atoms with Crippen LogP contribution >= 0.6 is 11.3 Å². The minimum Gasteiger partial charge on any atom is -0.464 e. The molecule has 0 fully saturated rings. The molecule has 0 saturated carbocycles. The van der Waals surface area contributed by atoms with E-state index >= 15 is 0 Å². The minimum absolute atomic E-state index is 0.0630. The summed E-state index contributed by atoms with van der Waals surface area (Å²) in [5, 5.41) is 7.07. The monoisotopic (exact) mass is 288 g/mol. The van der Waals surface area contributed by atoms with Gasteiger partial charge in [-0.3, -0.25) is 0 Å². The fourth-order valence-corrected chi connectivity index (χ4v) is 2.15. The van der Waals surface area contributed by atoms with Gasteiger partial charge in [0.2, 0.25) is 0 Å². The first-order chi connectivity index (χ1) is 8.90. The number of hydrogen-bond donors (Lipinski definition) is 0. The van der Waals surface area contributed by atoms with E-state index in [9.17, 15) is 13.6 Å². The van der Waals surface area contributed by atoms with Crippen LogP contribution in [0.2, 0.25) is 0 Å². The van der Waals surface area contributed by atoms with Gasteiger partial charge < -0.3 is 4.74 Å². The first-order valence-corrected chi connectivity index (χ1v) is 6.03. The summed E-state index contributed by atoms with van der Waals surface area (Å²) in [6, 6.07) is 0. The lowest BCUT2D eigenvalue weighted by Gasteiger charge is -2.03. The van der Waals surface area contributed by atoms with E-state index in [1.54, 1.807) is 0 Å². The van der Waals surface area contributed by atoms with Crippen molar-refractivity contribution in [1.29, 1.82) is 0 Å². The molecule has 0 aliphatic carbocycles. The van der Waals surface area contributed by atoms with Gasteiger partial charge in [0.1, 0.15) is 0 Å². The van der Waals surface area contributed by atoms with Gasteiger partial charge in [-0.1, -0.05) is 5.21 Å². The van der Waals surface area contributed by atoms with Crippen LogP contribution in [0.4, 0.5) is 8.78 Å². The molecule has 19 heavy (non-hydrogen) atoms. The number of halogens is 2. The number of ether oxygens (including phenoxy) is 1. The van der Waals surface area contributed by atoms with Gasteiger partial charge in [0.15, 0.2) is 10.7 Å². The number of nitrogens with zero attached hydrogens (tertiary/aromatic N) is 4. The molecule has 0 radical (unpaired) electrons. The molecule has 0 atom stereocenters. The van der Waals surface area contributed by atoms with Crippen molar-refractivity contribution in [3.8, 4) is 0 Å². The highest BCUT2D eigenvalue weighted by Gasteiger charge is 2.28. The van der Waals surface area contributed by atoms with Crippen LogP contribution in [0.1, 0.15) is 27.3 Å². The Morgan fingerprint density at radius 2 is 2.32 bits per heavy atom. The molecule has 0 aliphatic rings. The Labute approximate surface area is 111 Å². The Hall–Kier alpha value is -1.90. The molecule has 9 heteroatoms. The third-order valence-electron chi connectivity index (χ3n) is 2.18. The second-order valence-electron chi connectivity index (χ2n) is 3.81. The summed E-state index contributed by atoms with van der Waals surface area (Å²) in [6.07, 6.45) is 2.74. The molecule has 0 unspecified atom stereocenters. The number of methoxy groups -OCH3 is 1. The third-order valence-corrected chi connectivity index (χ3v) is 3.33. The zero-order chi connectivity index (χ0) is 14.0. The maximum Gasteiger partial charge on any atom is 0.360 e. The summed E-state index contributed by atoms with van der Waals surface area (Å²) in [4.78, 5) is 15.4. The molecule has 0 aliphatic heterocycles. The highest BCUT2D eigenvalue weighted by Crippen LogP contribution is 2.30. The van der Waals surface area contributed by atoms with E-state index in [1.807, 2.05) is 0 Å². The van der Waals surface area contributed by atoms with Gasteiger partial charge in [0.25, 0.3) is 5.92 Å². The van der Waals surface area contributed by atoms with E-state index < -0.39 is 11.9 Å². The van der Waals surface area contributed by atoms with Crippen LogP contribution in [0.3, 0.4) is 0 Å². The van der Waals surface area contributed by atoms with E-state index in [-0.39, 0.29) is 17.2 Å². The van der Waals surface area contributed by atoms with Crippen molar-refractivity contribution < 1.29 is 18.3 Å². The molecule has 0 saturated heterocycles. The van der Waals surface area contributed by atoms with E-state index in [0.29, 0.717) is 4.88 Å². The average Bonchev–Trinajstić information content (AvgIpc) is 2.97. The number of thiazole rings is 1. The Morgan fingerprint density at radius 3 is 2.89 bits per heavy atom. The zero-order valence-electron chi connectivity index (χ0n) is 10.1. The van der Waals surface area contributed by atoms with Gasteiger partial charge in [0.05, 0.1) is 19.9 Å². The molecule has 0 aromatic carbocycles. The average molecular weight is 288 g/mol. The van der Waals surface area contributed by atoms with E-state index in [4.69, 9.17) is 0 Å². The van der Waals surface area contributed by atoms with Crippen molar-refractivity contribution in [2.75, 3.05) is 7.11 Å². The predicted molar refractivity (Wildman–Crippen MR) is 62.1 cm³/mol. The predicted octanol–water partition coefficient (Wildman–Crippen LogP) is 1.68. The van der Waals surface area contributed by atoms with Crippen LogP contribution in [-0.2, 0) is 17.2 Å². The highest BCUT2D eigenvalue weighted by atomic mass is 32.1. The fourth-order valence-electron chi connectivity index (χ4n) is 1.32. The summed E-state index contributed by atoms with van der Waals surface area (Å²) < 4.78 is 31.9. The van der Waals surface area contributed by atoms with Crippen molar-refractivity contribution in [2.45, 2.75) is 19.4 Å². The molecule has 102 valence electrons. The molecule has 2 rings (SSSR count). The minimum atomic E-state index is -2.96. The van der Waals surface area contributed by atoms with Crippen molar-refractivity contribution in [1.82, 2.24) is 20.0 Å². The summed E-state index contributed by atoms with van der Waals surface area (Å²) >= 11 is 0.892. The first kappa shape index (κ1) is 13.5. The molecule has 0 amide bonds. The van der Waals surface area contributed by atoms with Crippen molar-refractivity contribution in [3.05, 3.63) is 28.0 Å². The van der Waals surface area contributed by atoms with Gasteiger partial charge in [-0.05, 0) is 0 Å². The van der Waals surface area contributed by atoms with Crippen LogP contribution in [0.15, 0.2) is 12.4 Å². The number of alkyl halides is 2. The standard InChI is InChI=1S/C10H10F2N4O2S/c1-10(11,12)9-13-3-6(19-9)4-16-5-7(14-15-16)8(17)18-2/h3,5H,4H2,1-2H3. The number of aromatic nitrogens is 4. The first-order valence-electron chi connectivity index (χ1n) is 5.21. The summed E-state index contributed by atoms with van der Waals surface area (Å²) in [5.41, 5.74) is 0.0630. The van der Waals surface area contributed by atoms with Crippen LogP contribution in [0.25, 0.3) is 0 Å². The van der Waals surface area contributed by atoms with E-state index in [1.165, 1.54) is 24.2 Å². The molecular formula is C10H10F2N4O2S. The Balaban J connectivity index is 2.11. The highest BCUT2D eigenvalue weighted by molar-refractivity contribution is 7.11. The van der Waals surface area contributed by atoms with Crippen LogP contribution < -0.4 is 0 Å². The SMILES string of the molecule is COC(=O)c1cn(Cc2cnc(C(C)(F)F)s2)nn1. The lowest BCUT2D eigenvalue weighted by atomic mass is 10.4. The molecule has 6 nitrogen and oxygen atoms in total. The Kier molecular flexibility index (Phi) is 3.56. The van der Waals surface area contributed by atoms with Gasteiger partial charge in [-0.25, -0.2) is 14.5 Å². The van der Waals surface area contributed by atoms with Crippen molar-refractivity contribution >= 4 is 17.3 Å². The Morgan fingerprint density at radius 1 is 1.58 bits per heavy atom. The molecule has 0 bridgehead atoms. The van der Waals surface area contributed by atoms with Crippen molar-refractivity contribution in [2.24, 2.45) is 0 Å². The van der Waals surface area contributed by atoms with Crippen LogP contribution in [0.5, 0.6) is 0 Å². The second-order valence-corrected chi connectivity index (χ2v) is 4.93. The maximum absolute atomic E-state index is 13.0. The summed E-state index contributed by atoms with van der Waals surface area (Å²) in [6.45, 7) is 1.01. The molecule has 0 N–H and O–H groups in total. The molecular weight excluding hydrogens is 278 g/mol. The zero-order valence-corrected chi connectivity index (χ0v) is 10.9. The topological polar surface area (TPSA) is 69.9 Å².